The molecule has 2 saturated heterocycles. The first-order valence-electron chi connectivity index (χ1n) is 9.97. The van der Waals surface area contributed by atoms with E-state index >= 15 is 0 Å². The molecule has 2 aromatic rings. The zero-order chi connectivity index (χ0) is 19.4. The van der Waals surface area contributed by atoms with Gasteiger partial charge >= 0.3 is 6.03 Å². The van der Waals surface area contributed by atoms with Gasteiger partial charge in [-0.25, -0.2) is 9.78 Å². The Kier molecular flexibility index (Phi) is 5.47. The van der Waals surface area contributed by atoms with Gasteiger partial charge in [-0.1, -0.05) is 18.2 Å². The van der Waals surface area contributed by atoms with Gasteiger partial charge in [0, 0.05) is 25.2 Å². The number of hydrogen-bond acceptors (Lipinski definition) is 5. The summed E-state index contributed by atoms with van der Waals surface area (Å²) in [6.45, 7) is 3.56. The van der Waals surface area contributed by atoms with Gasteiger partial charge in [-0.2, -0.15) is 5.10 Å². The Morgan fingerprint density at radius 1 is 1.21 bits per heavy atom. The smallest absolute Gasteiger partial charge is 0.318 e. The molecule has 1 aromatic carbocycles. The minimum atomic E-state index is -0.00561. The van der Waals surface area contributed by atoms with Crippen LogP contribution >= 0.6 is 0 Å². The van der Waals surface area contributed by atoms with Crippen molar-refractivity contribution in [1.29, 1.82) is 0 Å². The average molecular weight is 384 g/mol. The number of H-pyrrole nitrogens is 1. The van der Waals surface area contributed by atoms with Gasteiger partial charge in [-0.05, 0) is 44.9 Å². The molecular weight excluding hydrogens is 356 g/mol. The van der Waals surface area contributed by atoms with Crippen LogP contribution in [0.5, 0.6) is 5.75 Å². The van der Waals surface area contributed by atoms with Crippen molar-refractivity contribution in [2.75, 3.05) is 26.7 Å². The van der Waals surface area contributed by atoms with Gasteiger partial charge in [0.2, 0.25) is 0 Å². The summed E-state index contributed by atoms with van der Waals surface area (Å²) in [5, 5.41) is 10.1. The van der Waals surface area contributed by atoms with Gasteiger partial charge in [-0.3, -0.25) is 5.10 Å². The van der Waals surface area contributed by atoms with E-state index in [1.807, 2.05) is 35.2 Å². The van der Waals surface area contributed by atoms with E-state index in [1.165, 1.54) is 0 Å². The fourth-order valence-electron chi connectivity index (χ4n) is 4.21. The van der Waals surface area contributed by atoms with Crippen LogP contribution in [0.15, 0.2) is 30.3 Å². The number of benzene rings is 1. The van der Waals surface area contributed by atoms with Crippen molar-refractivity contribution in [2.24, 2.45) is 0 Å². The number of piperidine rings is 1. The SMILES string of the molecule is CN1CCC2(CCCN2C(=O)NCc2n[nH]c(COc3ccccc3)n2)CC1. The summed E-state index contributed by atoms with van der Waals surface area (Å²) in [5.74, 6) is 1.99. The highest BCUT2D eigenvalue weighted by molar-refractivity contribution is 5.75. The normalized spacial score (nSPS) is 19.1. The van der Waals surface area contributed by atoms with Crippen LogP contribution in [0.2, 0.25) is 0 Å². The number of amides is 2. The summed E-state index contributed by atoms with van der Waals surface area (Å²) in [6.07, 6.45) is 4.30. The number of urea groups is 1. The van der Waals surface area contributed by atoms with Crippen LogP contribution in [-0.4, -0.2) is 63.2 Å². The van der Waals surface area contributed by atoms with E-state index in [0.717, 1.165) is 51.1 Å². The van der Waals surface area contributed by atoms with Gasteiger partial charge in [0.1, 0.15) is 12.4 Å². The second-order valence-electron chi connectivity index (χ2n) is 7.74. The van der Waals surface area contributed by atoms with Crippen molar-refractivity contribution >= 4 is 6.03 Å². The molecular formula is C20H28N6O2. The van der Waals surface area contributed by atoms with Gasteiger partial charge in [0.15, 0.2) is 11.6 Å². The summed E-state index contributed by atoms with van der Waals surface area (Å²) in [5.41, 5.74) is 0.0320. The minimum Gasteiger partial charge on any atom is -0.486 e. The lowest BCUT2D eigenvalue weighted by atomic mass is 9.85. The number of aromatic nitrogens is 3. The molecule has 4 rings (SSSR count). The van der Waals surface area contributed by atoms with Crippen LogP contribution in [0.25, 0.3) is 0 Å². The van der Waals surface area contributed by atoms with Crippen LogP contribution in [-0.2, 0) is 13.2 Å². The zero-order valence-electron chi connectivity index (χ0n) is 16.4. The molecule has 0 atom stereocenters. The van der Waals surface area contributed by atoms with Crippen LogP contribution in [0.4, 0.5) is 4.79 Å². The number of nitrogens with zero attached hydrogens (tertiary/aromatic N) is 4. The summed E-state index contributed by atoms with van der Waals surface area (Å²) in [6, 6.07) is 9.57. The lowest BCUT2D eigenvalue weighted by Crippen LogP contribution is -2.55. The zero-order valence-corrected chi connectivity index (χ0v) is 16.4. The van der Waals surface area contributed by atoms with E-state index in [1.54, 1.807) is 0 Å². The highest BCUT2D eigenvalue weighted by Gasteiger charge is 2.44. The number of carbonyl (C=O) groups is 1. The molecule has 1 spiro atoms. The minimum absolute atomic E-state index is 0.00561. The number of hydrogen-bond donors (Lipinski definition) is 2. The number of aromatic amines is 1. The maximum absolute atomic E-state index is 12.8. The summed E-state index contributed by atoms with van der Waals surface area (Å²) in [4.78, 5) is 21.6. The van der Waals surface area contributed by atoms with Crippen molar-refractivity contribution in [1.82, 2.24) is 30.3 Å². The van der Waals surface area contributed by atoms with E-state index in [2.05, 4.69) is 32.4 Å². The maximum Gasteiger partial charge on any atom is 0.318 e. The Morgan fingerprint density at radius 2 is 2.00 bits per heavy atom. The predicted octanol–water partition coefficient (Wildman–Crippen LogP) is 2.15. The molecule has 2 aliphatic rings. The predicted molar refractivity (Wildman–Crippen MR) is 105 cm³/mol. The van der Waals surface area contributed by atoms with Gasteiger partial charge in [0.25, 0.3) is 0 Å². The Labute approximate surface area is 165 Å². The monoisotopic (exact) mass is 384 g/mol. The van der Waals surface area contributed by atoms with E-state index in [9.17, 15) is 4.79 Å². The standard InChI is InChI=1S/C20H28N6O2/c1-25-12-9-20(10-13-25)8-5-11-26(20)19(27)21-14-17-22-18(24-23-17)15-28-16-6-3-2-4-7-16/h2-4,6-7H,5,8-15H2,1H3,(H,21,27)(H,22,23,24). The summed E-state index contributed by atoms with van der Waals surface area (Å²) in [7, 11) is 2.15. The Bertz CT molecular complexity index is 785. The topological polar surface area (TPSA) is 86.4 Å². The quantitative estimate of drug-likeness (QED) is 0.825. The molecule has 0 bridgehead atoms. The van der Waals surface area contributed by atoms with E-state index in [-0.39, 0.29) is 11.6 Å². The molecule has 2 amide bonds. The molecule has 3 heterocycles. The molecule has 0 aliphatic carbocycles. The lowest BCUT2D eigenvalue weighted by Gasteiger charge is -2.44. The molecule has 8 heteroatoms. The highest BCUT2D eigenvalue weighted by Crippen LogP contribution is 2.38. The fraction of sp³-hybridized carbons (Fsp3) is 0.550. The van der Waals surface area contributed by atoms with Crippen molar-refractivity contribution in [3.05, 3.63) is 42.0 Å². The fourth-order valence-corrected chi connectivity index (χ4v) is 4.21. The first-order valence-corrected chi connectivity index (χ1v) is 9.97. The number of ether oxygens (including phenoxy) is 1. The second kappa shape index (κ2) is 8.18. The summed E-state index contributed by atoms with van der Waals surface area (Å²) >= 11 is 0. The molecule has 0 unspecified atom stereocenters. The molecule has 8 nitrogen and oxygen atoms in total. The van der Waals surface area contributed by atoms with Gasteiger partial charge in [-0.15, -0.1) is 0 Å². The number of nitrogens with one attached hydrogen (secondary N) is 2. The molecule has 28 heavy (non-hydrogen) atoms. The third kappa shape index (κ3) is 4.11. The largest absolute Gasteiger partial charge is 0.486 e. The molecule has 0 radical (unpaired) electrons. The molecule has 150 valence electrons. The third-order valence-electron chi connectivity index (χ3n) is 5.85. The van der Waals surface area contributed by atoms with E-state index in [0.29, 0.717) is 24.8 Å². The number of rotatable bonds is 5. The van der Waals surface area contributed by atoms with Gasteiger partial charge < -0.3 is 19.9 Å². The number of para-hydroxylation sites is 1. The van der Waals surface area contributed by atoms with Crippen molar-refractivity contribution in [3.8, 4) is 5.75 Å². The highest BCUT2D eigenvalue weighted by atomic mass is 16.5. The third-order valence-corrected chi connectivity index (χ3v) is 5.85. The molecule has 0 saturated carbocycles. The Morgan fingerprint density at radius 3 is 2.79 bits per heavy atom. The van der Waals surface area contributed by atoms with Crippen molar-refractivity contribution in [2.45, 2.75) is 44.4 Å². The number of carbonyl (C=O) groups excluding carboxylic acids is 1. The van der Waals surface area contributed by atoms with Crippen LogP contribution in [0.3, 0.4) is 0 Å². The second-order valence-corrected chi connectivity index (χ2v) is 7.74. The first kappa shape index (κ1) is 18.7. The van der Waals surface area contributed by atoms with E-state index in [4.69, 9.17) is 4.74 Å². The molecule has 2 N–H and O–H groups in total. The summed E-state index contributed by atoms with van der Waals surface area (Å²) < 4.78 is 5.66. The molecule has 2 aliphatic heterocycles. The van der Waals surface area contributed by atoms with Crippen LogP contribution < -0.4 is 10.1 Å². The lowest BCUT2D eigenvalue weighted by molar-refractivity contribution is 0.0827. The van der Waals surface area contributed by atoms with Crippen molar-refractivity contribution in [3.63, 3.8) is 0 Å². The first-order chi connectivity index (χ1) is 13.6. The van der Waals surface area contributed by atoms with Crippen LogP contribution in [0, 0.1) is 0 Å². The Balaban J connectivity index is 1.28. The molecule has 1 aromatic heterocycles. The molecule has 2 fully saturated rings. The average Bonchev–Trinajstić information content (AvgIpc) is 3.35. The maximum atomic E-state index is 12.8. The van der Waals surface area contributed by atoms with E-state index < -0.39 is 0 Å². The van der Waals surface area contributed by atoms with Gasteiger partial charge in [0.05, 0.1) is 6.54 Å². The van der Waals surface area contributed by atoms with Crippen molar-refractivity contribution < 1.29 is 9.53 Å². The Hall–Kier alpha value is -2.61. The number of likely N-dealkylation sites (tertiary alicyclic amines) is 2. The van der Waals surface area contributed by atoms with Crippen LogP contribution in [0.1, 0.15) is 37.3 Å².